The second-order valence-electron chi connectivity index (χ2n) is 7.09. The van der Waals surface area contributed by atoms with Gasteiger partial charge in [0.05, 0.1) is 23.0 Å². The largest absolute Gasteiger partial charge is 0.387 e. The molecule has 0 saturated heterocycles. The molecule has 3 aromatic rings. The first-order chi connectivity index (χ1) is 13.0. The van der Waals surface area contributed by atoms with Crippen LogP contribution in [-0.4, -0.2) is 31.3 Å². The van der Waals surface area contributed by atoms with E-state index in [0.717, 1.165) is 25.2 Å². The number of benzene rings is 1. The quantitative estimate of drug-likeness (QED) is 0.741. The van der Waals surface area contributed by atoms with E-state index in [4.69, 9.17) is 0 Å². The van der Waals surface area contributed by atoms with Crippen LogP contribution in [0.3, 0.4) is 0 Å². The van der Waals surface area contributed by atoms with E-state index in [-0.39, 0.29) is 10.9 Å². The second-order valence-corrected chi connectivity index (χ2v) is 7.09. The average molecular weight is 370 g/mol. The molecule has 0 unspecified atom stereocenters. The molecule has 142 valence electrons. The van der Waals surface area contributed by atoms with E-state index in [9.17, 15) is 14.3 Å². The Balaban J connectivity index is 1.59. The van der Waals surface area contributed by atoms with Gasteiger partial charge in [0, 0.05) is 43.3 Å². The summed E-state index contributed by atoms with van der Waals surface area (Å²) in [5, 5.41) is 14.9. The van der Waals surface area contributed by atoms with Gasteiger partial charge in [-0.25, -0.2) is 4.39 Å². The Morgan fingerprint density at radius 3 is 3.00 bits per heavy atom. The van der Waals surface area contributed by atoms with E-state index in [1.807, 2.05) is 17.7 Å². The highest BCUT2D eigenvalue weighted by Crippen LogP contribution is 2.21. The number of hydrogen-bond acceptors (Lipinski definition) is 4. The molecule has 0 aliphatic carbocycles. The van der Waals surface area contributed by atoms with Crippen LogP contribution in [0.2, 0.25) is 0 Å². The Kier molecular flexibility index (Phi) is 4.80. The molecule has 2 aromatic heterocycles. The summed E-state index contributed by atoms with van der Waals surface area (Å²) in [6.07, 6.45) is 1.00. The van der Waals surface area contributed by atoms with Crippen LogP contribution in [-0.2, 0) is 19.6 Å². The van der Waals surface area contributed by atoms with Crippen LogP contribution in [0, 0.1) is 5.82 Å². The van der Waals surface area contributed by atoms with Crippen molar-refractivity contribution >= 4 is 10.9 Å². The summed E-state index contributed by atoms with van der Waals surface area (Å²) in [7, 11) is 0. The summed E-state index contributed by atoms with van der Waals surface area (Å²) in [6.45, 7) is 4.77. The zero-order valence-corrected chi connectivity index (χ0v) is 15.3. The number of nitrogens with zero attached hydrogens (tertiary/aromatic N) is 3. The first kappa shape index (κ1) is 17.9. The zero-order chi connectivity index (χ0) is 19.0. The number of aromatic amines is 1. The van der Waals surface area contributed by atoms with Crippen LogP contribution in [0.15, 0.2) is 35.1 Å². The number of para-hydroxylation sites is 1. The third-order valence-electron chi connectivity index (χ3n) is 5.10. The Labute approximate surface area is 156 Å². The predicted molar refractivity (Wildman–Crippen MR) is 101 cm³/mol. The maximum atomic E-state index is 14.1. The van der Waals surface area contributed by atoms with E-state index >= 15 is 0 Å². The van der Waals surface area contributed by atoms with Crippen LogP contribution in [0.4, 0.5) is 4.39 Å². The highest BCUT2D eigenvalue weighted by Gasteiger charge is 2.19. The molecular weight excluding hydrogens is 347 g/mol. The van der Waals surface area contributed by atoms with Crippen LogP contribution >= 0.6 is 0 Å². The second kappa shape index (κ2) is 7.25. The minimum atomic E-state index is -0.544. The van der Waals surface area contributed by atoms with E-state index < -0.39 is 11.9 Å². The van der Waals surface area contributed by atoms with Gasteiger partial charge < -0.3 is 10.1 Å². The van der Waals surface area contributed by atoms with Crippen molar-refractivity contribution < 1.29 is 9.50 Å². The number of aliphatic hydroxyl groups excluding tert-OH is 1. The molecule has 7 heteroatoms. The Hall–Kier alpha value is -2.51. The molecule has 27 heavy (non-hydrogen) atoms. The summed E-state index contributed by atoms with van der Waals surface area (Å²) in [5.41, 5.74) is 2.53. The fraction of sp³-hybridized carbons (Fsp3) is 0.400. The minimum Gasteiger partial charge on any atom is -0.387 e. The number of aliphatic hydroxyl groups is 1. The van der Waals surface area contributed by atoms with E-state index in [1.165, 1.54) is 6.07 Å². The fourth-order valence-corrected chi connectivity index (χ4v) is 3.67. The van der Waals surface area contributed by atoms with Gasteiger partial charge in [-0.15, -0.1) is 0 Å². The molecule has 0 bridgehead atoms. The highest BCUT2D eigenvalue weighted by molar-refractivity contribution is 5.78. The first-order valence-electron chi connectivity index (χ1n) is 9.32. The van der Waals surface area contributed by atoms with Crippen molar-refractivity contribution in [1.29, 1.82) is 0 Å². The third-order valence-corrected chi connectivity index (χ3v) is 5.10. The van der Waals surface area contributed by atoms with Crippen LogP contribution < -0.4 is 5.43 Å². The van der Waals surface area contributed by atoms with Gasteiger partial charge in [0.2, 0.25) is 0 Å². The standard InChI is InChI=1S/C20H23FN4O2/c1-2-18(26)17-10-14-12-24(7-4-8-25(14)23-17)11-13-9-19(27)15-5-3-6-16(21)20(15)22-13/h3,5-6,9-10,18,26H,2,4,7-8,11-12H2,1H3,(H,22,27)/t18-/m1/s1. The molecule has 1 aliphatic heterocycles. The summed E-state index contributed by atoms with van der Waals surface area (Å²) < 4.78 is 16.0. The van der Waals surface area contributed by atoms with Crippen LogP contribution in [0.5, 0.6) is 0 Å². The molecule has 0 saturated carbocycles. The molecule has 2 N–H and O–H groups in total. The van der Waals surface area contributed by atoms with Gasteiger partial charge in [0.15, 0.2) is 5.43 Å². The van der Waals surface area contributed by atoms with E-state index in [1.54, 1.807) is 18.2 Å². The molecule has 0 radical (unpaired) electrons. The van der Waals surface area contributed by atoms with Gasteiger partial charge in [-0.1, -0.05) is 13.0 Å². The number of nitrogens with one attached hydrogen (secondary N) is 1. The van der Waals surface area contributed by atoms with Crippen molar-refractivity contribution in [3.8, 4) is 0 Å². The molecule has 0 spiro atoms. The topological polar surface area (TPSA) is 74.2 Å². The lowest BCUT2D eigenvalue weighted by atomic mass is 10.1. The van der Waals surface area contributed by atoms with Gasteiger partial charge in [0.1, 0.15) is 5.82 Å². The summed E-state index contributed by atoms with van der Waals surface area (Å²) in [5.74, 6) is -0.418. The lowest BCUT2D eigenvalue weighted by Gasteiger charge is -2.19. The molecule has 1 aromatic carbocycles. The monoisotopic (exact) mass is 370 g/mol. The number of aryl methyl sites for hydroxylation is 1. The lowest BCUT2D eigenvalue weighted by molar-refractivity contribution is 0.167. The van der Waals surface area contributed by atoms with Gasteiger partial charge >= 0.3 is 0 Å². The Morgan fingerprint density at radius 2 is 2.19 bits per heavy atom. The van der Waals surface area contributed by atoms with Gasteiger partial charge in [-0.05, 0) is 31.0 Å². The normalized spacial score (nSPS) is 16.3. The number of H-pyrrole nitrogens is 1. The first-order valence-corrected chi connectivity index (χ1v) is 9.32. The fourth-order valence-electron chi connectivity index (χ4n) is 3.67. The minimum absolute atomic E-state index is 0.175. The Morgan fingerprint density at radius 1 is 1.33 bits per heavy atom. The lowest BCUT2D eigenvalue weighted by Crippen LogP contribution is -2.24. The van der Waals surface area contributed by atoms with Gasteiger partial charge in [-0.2, -0.15) is 5.10 Å². The number of fused-ring (bicyclic) bond motifs is 2. The highest BCUT2D eigenvalue weighted by atomic mass is 19.1. The molecule has 4 rings (SSSR count). The average Bonchev–Trinajstić information content (AvgIpc) is 2.95. The molecule has 0 amide bonds. The molecule has 3 heterocycles. The smallest absolute Gasteiger partial charge is 0.189 e. The van der Waals surface area contributed by atoms with Crippen molar-refractivity contribution in [2.75, 3.05) is 6.54 Å². The van der Waals surface area contributed by atoms with Crippen molar-refractivity contribution in [1.82, 2.24) is 19.7 Å². The van der Waals surface area contributed by atoms with Crippen molar-refractivity contribution in [3.05, 3.63) is 63.5 Å². The zero-order valence-electron chi connectivity index (χ0n) is 15.3. The molecule has 0 fully saturated rings. The van der Waals surface area contributed by atoms with Gasteiger partial charge in [-0.3, -0.25) is 14.4 Å². The van der Waals surface area contributed by atoms with E-state index in [0.29, 0.717) is 36.3 Å². The van der Waals surface area contributed by atoms with Gasteiger partial charge in [0.25, 0.3) is 0 Å². The summed E-state index contributed by atoms with van der Waals surface area (Å²) >= 11 is 0. The molecule has 1 aliphatic rings. The molecule has 6 nitrogen and oxygen atoms in total. The number of halogens is 1. The van der Waals surface area contributed by atoms with Crippen molar-refractivity contribution in [3.63, 3.8) is 0 Å². The molecular formula is C20H23FN4O2. The number of aromatic nitrogens is 3. The maximum Gasteiger partial charge on any atom is 0.189 e. The van der Waals surface area contributed by atoms with Crippen molar-refractivity contribution in [2.45, 2.75) is 45.5 Å². The molecule has 1 atom stereocenters. The number of pyridine rings is 1. The van der Waals surface area contributed by atoms with Crippen LogP contribution in [0.25, 0.3) is 10.9 Å². The number of rotatable bonds is 4. The summed E-state index contributed by atoms with van der Waals surface area (Å²) in [6, 6.07) is 8.04. The predicted octanol–water partition coefficient (Wildman–Crippen LogP) is 2.71. The summed E-state index contributed by atoms with van der Waals surface area (Å²) in [4.78, 5) is 17.6. The van der Waals surface area contributed by atoms with Crippen molar-refractivity contribution in [2.24, 2.45) is 0 Å². The van der Waals surface area contributed by atoms with E-state index in [2.05, 4.69) is 15.0 Å². The maximum absolute atomic E-state index is 14.1. The third kappa shape index (κ3) is 3.52. The SMILES string of the molecule is CC[C@@H](O)c1cc2n(n1)CCCN(Cc1cc(=O)c3cccc(F)c3[nH]1)C2. The van der Waals surface area contributed by atoms with Crippen LogP contribution in [0.1, 0.15) is 43.0 Å². The Bertz CT molecular complexity index is 1030. The number of hydrogen-bond donors (Lipinski definition) is 2.